The largest absolute Gasteiger partial charge is 0.429 e. The summed E-state index contributed by atoms with van der Waals surface area (Å²) in [5.74, 6) is -9.81. The molecule has 0 N–H and O–H groups in total. The summed E-state index contributed by atoms with van der Waals surface area (Å²) in [7, 11) is 0. The first-order valence-corrected chi connectivity index (χ1v) is 11.5. The molecule has 0 atom stereocenters. The Balaban J connectivity index is 1.51. The van der Waals surface area contributed by atoms with E-state index in [1.165, 1.54) is 12.1 Å². The SMILES string of the molecule is CCCc1cnc(-c2ccc(C=CC(F)(F)Oc3cc(F)c(-c4cc(F)c(F)c(F)c4)c(F)c3)c(F)c2)nc1. The Bertz CT molecular complexity index is 1490. The standard InChI is InChI=1S/C28H18F8N2O/c1-2-3-15-13-37-27(38-14-15)17-5-4-16(20(29)8-17)6-7-28(35,36)39-19-11-21(30)25(22(31)12-19)18-9-23(32)26(34)24(33)10-18/h4-14H,2-3H2,1H3. The summed E-state index contributed by atoms with van der Waals surface area (Å²) >= 11 is 0. The van der Waals surface area contributed by atoms with Gasteiger partial charge in [0.05, 0.1) is 5.56 Å². The third-order valence-corrected chi connectivity index (χ3v) is 5.50. The van der Waals surface area contributed by atoms with E-state index in [1.807, 2.05) is 6.92 Å². The van der Waals surface area contributed by atoms with Crippen LogP contribution in [0.2, 0.25) is 0 Å². The predicted molar refractivity (Wildman–Crippen MR) is 128 cm³/mol. The van der Waals surface area contributed by atoms with E-state index in [1.54, 1.807) is 12.4 Å². The highest BCUT2D eigenvalue weighted by Gasteiger charge is 2.29. The molecule has 11 heteroatoms. The average molecular weight is 550 g/mol. The predicted octanol–water partition coefficient (Wildman–Crippen LogP) is 8.28. The van der Waals surface area contributed by atoms with Gasteiger partial charge in [0.1, 0.15) is 23.2 Å². The Kier molecular flexibility index (Phi) is 7.98. The van der Waals surface area contributed by atoms with Crippen LogP contribution in [0.3, 0.4) is 0 Å². The molecule has 39 heavy (non-hydrogen) atoms. The van der Waals surface area contributed by atoms with Crippen LogP contribution in [0.1, 0.15) is 24.5 Å². The van der Waals surface area contributed by atoms with Crippen molar-refractivity contribution in [1.82, 2.24) is 9.97 Å². The molecule has 0 aliphatic carbocycles. The van der Waals surface area contributed by atoms with Crippen LogP contribution in [0, 0.1) is 34.9 Å². The number of halogens is 8. The molecule has 0 unspecified atom stereocenters. The van der Waals surface area contributed by atoms with Crippen molar-refractivity contribution in [3.8, 4) is 28.3 Å². The second-order valence-electron chi connectivity index (χ2n) is 8.41. The molecule has 1 heterocycles. The highest BCUT2D eigenvalue weighted by Crippen LogP contribution is 2.34. The molecular weight excluding hydrogens is 532 g/mol. The zero-order valence-corrected chi connectivity index (χ0v) is 20.1. The van der Waals surface area contributed by atoms with Crippen LogP contribution >= 0.6 is 0 Å². The van der Waals surface area contributed by atoms with Gasteiger partial charge in [0.25, 0.3) is 0 Å². The van der Waals surface area contributed by atoms with Gasteiger partial charge >= 0.3 is 6.11 Å². The van der Waals surface area contributed by atoms with Crippen LogP contribution in [0.15, 0.2) is 60.9 Å². The lowest BCUT2D eigenvalue weighted by atomic mass is 10.0. The van der Waals surface area contributed by atoms with E-state index in [4.69, 9.17) is 0 Å². The van der Waals surface area contributed by atoms with Gasteiger partial charge in [-0.05, 0) is 41.8 Å². The van der Waals surface area contributed by atoms with E-state index in [0.717, 1.165) is 30.5 Å². The van der Waals surface area contributed by atoms with Crippen molar-refractivity contribution in [2.24, 2.45) is 0 Å². The molecule has 0 saturated heterocycles. The van der Waals surface area contributed by atoms with E-state index in [0.29, 0.717) is 29.8 Å². The normalized spacial score (nSPS) is 11.8. The molecule has 4 aromatic rings. The molecular formula is C28H18F8N2O. The van der Waals surface area contributed by atoms with E-state index in [9.17, 15) is 35.1 Å². The summed E-state index contributed by atoms with van der Waals surface area (Å²) < 4.78 is 117. The van der Waals surface area contributed by atoms with Gasteiger partial charge in [0.2, 0.25) is 0 Å². The molecule has 3 aromatic carbocycles. The maximum Gasteiger partial charge on any atom is 0.419 e. The first-order chi connectivity index (χ1) is 18.5. The fourth-order valence-corrected chi connectivity index (χ4v) is 3.69. The molecule has 0 radical (unpaired) electrons. The highest BCUT2D eigenvalue weighted by molar-refractivity contribution is 5.66. The molecule has 202 valence electrons. The van der Waals surface area contributed by atoms with E-state index >= 15 is 0 Å². The number of aromatic nitrogens is 2. The molecule has 3 nitrogen and oxygen atoms in total. The Morgan fingerprint density at radius 3 is 1.92 bits per heavy atom. The van der Waals surface area contributed by atoms with Gasteiger partial charge in [-0.1, -0.05) is 25.5 Å². The smallest absolute Gasteiger partial charge is 0.419 e. The molecule has 4 rings (SSSR count). The first kappa shape index (κ1) is 27.7. The summed E-state index contributed by atoms with van der Waals surface area (Å²) in [6.45, 7) is 2.00. The number of ether oxygens (including phenoxy) is 1. The summed E-state index contributed by atoms with van der Waals surface area (Å²) in [6, 6.07) is 5.15. The molecule has 0 fully saturated rings. The summed E-state index contributed by atoms with van der Waals surface area (Å²) in [4.78, 5) is 8.34. The lowest BCUT2D eigenvalue weighted by Crippen LogP contribution is -2.21. The van der Waals surface area contributed by atoms with Crippen LogP contribution < -0.4 is 4.74 Å². The fraction of sp³-hybridized carbons (Fsp3) is 0.143. The van der Waals surface area contributed by atoms with Gasteiger partial charge in [-0.15, -0.1) is 0 Å². The van der Waals surface area contributed by atoms with Crippen LogP contribution in [0.4, 0.5) is 35.1 Å². The van der Waals surface area contributed by atoms with E-state index < -0.39 is 57.9 Å². The van der Waals surface area contributed by atoms with Crippen molar-refractivity contribution in [3.05, 3.63) is 107 Å². The van der Waals surface area contributed by atoms with Crippen molar-refractivity contribution in [3.63, 3.8) is 0 Å². The molecule has 0 aliphatic heterocycles. The van der Waals surface area contributed by atoms with Gasteiger partial charge in [-0.2, -0.15) is 8.78 Å². The number of rotatable bonds is 8. The van der Waals surface area contributed by atoms with Crippen molar-refractivity contribution in [1.29, 1.82) is 0 Å². The Morgan fingerprint density at radius 2 is 1.36 bits per heavy atom. The van der Waals surface area contributed by atoms with Gasteiger partial charge in [0, 0.05) is 41.7 Å². The molecule has 0 aliphatic rings. The van der Waals surface area contributed by atoms with Gasteiger partial charge < -0.3 is 4.74 Å². The lowest BCUT2D eigenvalue weighted by molar-refractivity contribution is -0.131. The van der Waals surface area contributed by atoms with Gasteiger partial charge in [-0.3, -0.25) is 0 Å². The summed E-state index contributed by atoms with van der Waals surface area (Å²) in [6.07, 6.45) is 1.67. The fourth-order valence-electron chi connectivity index (χ4n) is 3.69. The zero-order valence-electron chi connectivity index (χ0n) is 20.1. The average Bonchev–Trinajstić information content (AvgIpc) is 2.86. The second kappa shape index (κ2) is 11.2. The number of nitrogens with zero attached hydrogens (tertiary/aromatic N) is 2. The molecule has 0 bridgehead atoms. The number of hydrogen-bond acceptors (Lipinski definition) is 3. The quantitative estimate of drug-likeness (QED) is 0.164. The van der Waals surface area contributed by atoms with Gasteiger partial charge in [0.15, 0.2) is 23.3 Å². The third-order valence-electron chi connectivity index (χ3n) is 5.50. The maximum absolute atomic E-state index is 14.6. The second-order valence-corrected chi connectivity index (χ2v) is 8.41. The monoisotopic (exact) mass is 550 g/mol. The summed E-state index contributed by atoms with van der Waals surface area (Å²) in [5.41, 5.74) is -0.678. The molecule has 0 amide bonds. The van der Waals surface area contributed by atoms with Crippen LogP contribution in [-0.4, -0.2) is 16.1 Å². The number of aryl methyl sites for hydroxylation is 1. The molecule has 1 aromatic heterocycles. The van der Waals surface area contributed by atoms with Crippen molar-refractivity contribution in [2.45, 2.75) is 25.9 Å². The van der Waals surface area contributed by atoms with Crippen LogP contribution in [-0.2, 0) is 6.42 Å². The minimum absolute atomic E-state index is 0.176. The summed E-state index contributed by atoms with van der Waals surface area (Å²) in [5, 5.41) is 0. The Hall–Kier alpha value is -4.28. The van der Waals surface area contributed by atoms with Crippen LogP contribution in [0.5, 0.6) is 5.75 Å². The van der Waals surface area contributed by atoms with Gasteiger partial charge in [-0.25, -0.2) is 36.3 Å². The number of benzene rings is 3. The van der Waals surface area contributed by atoms with E-state index in [2.05, 4.69) is 14.7 Å². The lowest BCUT2D eigenvalue weighted by Gasteiger charge is -2.16. The number of hydrogen-bond donors (Lipinski definition) is 0. The van der Waals surface area contributed by atoms with Crippen molar-refractivity contribution >= 4 is 6.08 Å². The minimum Gasteiger partial charge on any atom is -0.429 e. The highest BCUT2D eigenvalue weighted by atomic mass is 19.3. The maximum atomic E-state index is 14.6. The number of alkyl halides is 2. The Labute approximate surface area is 217 Å². The van der Waals surface area contributed by atoms with Crippen molar-refractivity contribution < 1.29 is 39.9 Å². The van der Waals surface area contributed by atoms with Crippen molar-refractivity contribution in [2.75, 3.05) is 0 Å². The van der Waals surface area contributed by atoms with Crippen LogP contribution in [0.25, 0.3) is 28.6 Å². The first-order valence-electron chi connectivity index (χ1n) is 11.5. The zero-order chi connectivity index (χ0) is 28.3. The third kappa shape index (κ3) is 6.42. The topological polar surface area (TPSA) is 35.0 Å². The molecule has 0 saturated carbocycles. The minimum atomic E-state index is -4.14. The van der Waals surface area contributed by atoms with E-state index in [-0.39, 0.29) is 17.5 Å². The Morgan fingerprint density at radius 1 is 0.769 bits per heavy atom. The molecule has 0 spiro atoms.